The molecule has 6 nitrogen and oxygen atoms in total. The van der Waals surface area contributed by atoms with Gasteiger partial charge in [-0.05, 0) is 53.9 Å². The van der Waals surface area contributed by atoms with Crippen molar-refractivity contribution in [3.63, 3.8) is 0 Å². The Morgan fingerprint density at radius 1 is 0.875 bits per heavy atom. The van der Waals surface area contributed by atoms with Crippen LogP contribution in [0.4, 0.5) is 0 Å². The van der Waals surface area contributed by atoms with Crippen LogP contribution in [-0.4, -0.2) is 24.6 Å². The topological polar surface area (TPSA) is 79.8 Å². The third kappa shape index (κ3) is 7.11. The molecule has 164 valence electrons. The van der Waals surface area contributed by atoms with E-state index >= 15 is 0 Å². The van der Waals surface area contributed by atoms with Gasteiger partial charge in [0.1, 0.15) is 12.4 Å². The minimum Gasteiger partial charge on any atom is -0.489 e. The number of amides is 2. The average Bonchev–Trinajstić information content (AvgIpc) is 2.80. The molecule has 0 heterocycles. The highest BCUT2D eigenvalue weighted by Gasteiger charge is 2.11. The maximum absolute atomic E-state index is 11.8. The van der Waals surface area contributed by atoms with E-state index in [-0.39, 0.29) is 6.61 Å². The summed E-state index contributed by atoms with van der Waals surface area (Å²) in [6, 6.07) is 22.0. The van der Waals surface area contributed by atoms with Crippen molar-refractivity contribution in [2.75, 3.05) is 6.54 Å². The molecule has 3 rings (SSSR count). The number of nitrogens with one attached hydrogen (secondary N) is 2. The number of nitrogens with zero attached hydrogens (tertiary/aromatic N) is 1. The second-order valence-corrected chi connectivity index (χ2v) is 7.56. The monoisotopic (exact) mass is 469 g/mol. The first-order valence-electron chi connectivity index (χ1n) is 9.84. The van der Waals surface area contributed by atoms with Gasteiger partial charge in [0.05, 0.1) is 6.21 Å². The van der Waals surface area contributed by atoms with Gasteiger partial charge in [0.15, 0.2) is 0 Å². The Morgan fingerprint density at radius 3 is 2.25 bits per heavy atom. The molecule has 0 saturated heterocycles. The van der Waals surface area contributed by atoms with E-state index in [1.54, 1.807) is 42.5 Å². The fourth-order valence-electron chi connectivity index (χ4n) is 2.74. The molecule has 2 N–H and O–H groups in total. The van der Waals surface area contributed by atoms with Gasteiger partial charge in [-0.1, -0.05) is 59.6 Å². The number of halogens is 2. The predicted molar refractivity (Wildman–Crippen MR) is 126 cm³/mol. The second kappa shape index (κ2) is 11.9. The molecular formula is C24H21Cl2N3O3. The van der Waals surface area contributed by atoms with E-state index in [4.69, 9.17) is 27.9 Å². The number of benzene rings is 3. The number of carbonyl (C=O) groups is 2. The molecule has 2 amide bonds. The van der Waals surface area contributed by atoms with Crippen LogP contribution in [-0.2, 0) is 22.6 Å². The lowest BCUT2D eigenvalue weighted by Gasteiger charge is -2.09. The van der Waals surface area contributed by atoms with E-state index in [2.05, 4.69) is 15.8 Å². The molecule has 0 atom stereocenters. The summed E-state index contributed by atoms with van der Waals surface area (Å²) in [5.74, 6) is -0.939. The summed E-state index contributed by atoms with van der Waals surface area (Å²) < 4.78 is 5.72. The number of rotatable bonds is 8. The minimum absolute atomic E-state index is 0.237. The van der Waals surface area contributed by atoms with Crippen molar-refractivity contribution in [3.05, 3.63) is 99.5 Å². The van der Waals surface area contributed by atoms with Crippen molar-refractivity contribution < 1.29 is 14.3 Å². The lowest BCUT2D eigenvalue weighted by atomic mass is 10.1. The van der Waals surface area contributed by atoms with Crippen molar-refractivity contribution in [1.29, 1.82) is 0 Å². The molecule has 3 aromatic rings. The van der Waals surface area contributed by atoms with E-state index in [0.717, 1.165) is 11.1 Å². The zero-order chi connectivity index (χ0) is 22.8. The molecule has 0 aliphatic rings. The molecule has 0 unspecified atom stereocenters. The molecule has 0 spiro atoms. The quantitative estimate of drug-likeness (QED) is 0.291. The Bertz CT molecular complexity index is 1070. The third-order valence-electron chi connectivity index (χ3n) is 4.45. The first-order valence-corrected chi connectivity index (χ1v) is 10.6. The van der Waals surface area contributed by atoms with Crippen LogP contribution >= 0.6 is 23.2 Å². The number of ether oxygens (including phenoxy) is 1. The molecule has 0 aliphatic heterocycles. The fraction of sp³-hybridized carbons (Fsp3) is 0.125. The number of hydrazone groups is 1. The molecule has 3 aromatic carbocycles. The van der Waals surface area contributed by atoms with Gasteiger partial charge in [0.25, 0.3) is 0 Å². The Balaban J connectivity index is 1.42. The summed E-state index contributed by atoms with van der Waals surface area (Å²) in [6.07, 6.45) is 2.07. The second-order valence-electron chi connectivity index (χ2n) is 6.75. The van der Waals surface area contributed by atoms with Gasteiger partial charge in [-0.3, -0.25) is 9.59 Å². The van der Waals surface area contributed by atoms with E-state index < -0.39 is 11.8 Å². The number of hydrogen-bond donors (Lipinski definition) is 2. The Labute approximate surface area is 196 Å². The van der Waals surface area contributed by atoms with Crippen LogP contribution in [0.1, 0.15) is 16.7 Å². The van der Waals surface area contributed by atoms with Crippen molar-refractivity contribution in [3.8, 4) is 5.75 Å². The van der Waals surface area contributed by atoms with E-state index in [1.165, 1.54) is 6.21 Å². The summed E-state index contributed by atoms with van der Waals surface area (Å²) in [7, 11) is 0. The number of hydrogen-bond acceptors (Lipinski definition) is 4. The normalized spacial score (nSPS) is 10.7. The van der Waals surface area contributed by atoms with Crippen LogP contribution in [0, 0.1) is 0 Å². The number of carbonyl (C=O) groups excluding carboxylic acids is 2. The van der Waals surface area contributed by atoms with E-state index in [9.17, 15) is 9.59 Å². The van der Waals surface area contributed by atoms with Crippen LogP contribution in [0.2, 0.25) is 10.0 Å². The van der Waals surface area contributed by atoms with E-state index in [1.807, 2.05) is 30.3 Å². The van der Waals surface area contributed by atoms with Crippen molar-refractivity contribution in [1.82, 2.24) is 10.7 Å². The Hall–Kier alpha value is -3.35. The standard InChI is InChI=1S/C24H21Cl2N3O3/c25-21-7-4-8-22(26)20(21)16-32-19-11-9-18(10-12-19)15-28-29-24(31)23(30)27-14-13-17-5-2-1-3-6-17/h1-12,15H,13-14,16H2,(H,27,30)(H,29,31)/b28-15-. The molecule has 0 saturated carbocycles. The van der Waals surface area contributed by atoms with Gasteiger partial charge in [-0.15, -0.1) is 0 Å². The van der Waals surface area contributed by atoms with Crippen LogP contribution in [0.15, 0.2) is 77.9 Å². The third-order valence-corrected chi connectivity index (χ3v) is 5.16. The molecule has 0 aromatic heterocycles. The highest BCUT2D eigenvalue weighted by Crippen LogP contribution is 2.25. The molecule has 0 aliphatic carbocycles. The zero-order valence-corrected chi connectivity index (χ0v) is 18.6. The molecule has 8 heteroatoms. The summed E-state index contributed by atoms with van der Waals surface area (Å²) in [5, 5.41) is 7.46. The zero-order valence-electron chi connectivity index (χ0n) is 17.1. The van der Waals surface area contributed by atoms with Crippen LogP contribution in [0.3, 0.4) is 0 Å². The minimum atomic E-state index is -0.828. The molecule has 32 heavy (non-hydrogen) atoms. The molecular weight excluding hydrogens is 449 g/mol. The lowest BCUT2D eigenvalue weighted by molar-refractivity contribution is -0.139. The molecule has 0 bridgehead atoms. The highest BCUT2D eigenvalue weighted by molar-refractivity contribution is 6.36. The Kier molecular flexibility index (Phi) is 8.66. The van der Waals surface area contributed by atoms with Crippen molar-refractivity contribution in [2.45, 2.75) is 13.0 Å². The predicted octanol–water partition coefficient (Wildman–Crippen LogP) is 4.38. The first kappa shape index (κ1) is 23.3. The lowest BCUT2D eigenvalue weighted by Crippen LogP contribution is -2.38. The van der Waals surface area contributed by atoms with Crippen molar-refractivity contribution >= 4 is 41.2 Å². The maximum Gasteiger partial charge on any atom is 0.329 e. The van der Waals surface area contributed by atoms with Crippen LogP contribution in [0.5, 0.6) is 5.75 Å². The van der Waals surface area contributed by atoms with Crippen LogP contribution < -0.4 is 15.5 Å². The maximum atomic E-state index is 11.8. The van der Waals surface area contributed by atoms with Gasteiger partial charge in [-0.2, -0.15) is 5.10 Å². The summed E-state index contributed by atoms with van der Waals surface area (Å²) in [4.78, 5) is 23.7. The van der Waals surface area contributed by atoms with Gasteiger partial charge in [-0.25, -0.2) is 5.43 Å². The first-order chi connectivity index (χ1) is 15.5. The van der Waals surface area contributed by atoms with Gasteiger partial charge in [0.2, 0.25) is 0 Å². The molecule has 0 radical (unpaired) electrons. The Morgan fingerprint density at radius 2 is 1.56 bits per heavy atom. The van der Waals surface area contributed by atoms with Gasteiger partial charge >= 0.3 is 11.8 Å². The highest BCUT2D eigenvalue weighted by atomic mass is 35.5. The van der Waals surface area contributed by atoms with Crippen LogP contribution in [0.25, 0.3) is 0 Å². The molecule has 0 fully saturated rings. The van der Waals surface area contributed by atoms with Gasteiger partial charge < -0.3 is 10.1 Å². The van der Waals surface area contributed by atoms with E-state index in [0.29, 0.717) is 34.3 Å². The largest absolute Gasteiger partial charge is 0.489 e. The van der Waals surface area contributed by atoms with Crippen molar-refractivity contribution in [2.24, 2.45) is 5.10 Å². The SMILES string of the molecule is O=C(NCCc1ccccc1)C(=O)N/N=C\c1ccc(OCc2c(Cl)cccc2Cl)cc1. The fourth-order valence-corrected chi connectivity index (χ4v) is 3.24. The summed E-state index contributed by atoms with van der Waals surface area (Å²) >= 11 is 12.3. The summed E-state index contributed by atoms with van der Waals surface area (Å²) in [5.41, 5.74) is 4.72. The summed E-state index contributed by atoms with van der Waals surface area (Å²) in [6.45, 7) is 0.599. The average molecular weight is 470 g/mol. The van der Waals surface area contributed by atoms with Gasteiger partial charge in [0, 0.05) is 22.2 Å². The smallest absolute Gasteiger partial charge is 0.329 e.